The van der Waals surface area contributed by atoms with Crippen molar-refractivity contribution in [3.05, 3.63) is 18.0 Å². The molecule has 0 amide bonds. The zero-order valence-corrected chi connectivity index (χ0v) is 17.6. The number of hydrogen-bond donors (Lipinski definition) is 1. The Morgan fingerprint density at radius 2 is 1.32 bits per heavy atom. The lowest BCUT2D eigenvalue weighted by molar-refractivity contribution is 0.457. The Morgan fingerprint density at radius 3 is 1.96 bits per heavy atom. The van der Waals surface area contributed by atoms with Crippen molar-refractivity contribution in [1.82, 2.24) is 15.0 Å². The second kappa shape index (κ2) is 10.5. The maximum atomic E-state index is 5.03. The molecule has 0 atom stereocenters. The quantitative estimate of drug-likeness (QED) is 0.626. The standard InChI is InChI=1S/C24H37BN3/c1-2-5-9-13-19(14-10-6-3-1)22-18-26-21-17-23(28-24(21)27-22)25-20-15-11-7-4-8-12-16-20/h17-20H,1-16H2,(H,27,28). The molecule has 1 N–H and O–H groups in total. The van der Waals surface area contributed by atoms with Crippen LogP contribution in [0.1, 0.15) is 114 Å². The third kappa shape index (κ3) is 5.61. The summed E-state index contributed by atoms with van der Waals surface area (Å²) in [6, 6.07) is 2.21. The average Bonchev–Trinajstić information content (AvgIpc) is 3.09. The average molecular weight is 378 g/mol. The molecule has 0 unspecified atom stereocenters. The first-order valence-corrected chi connectivity index (χ1v) is 12.1. The molecule has 2 aromatic rings. The van der Waals surface area contributed by atoms with Crippen LogP contribution in [0, 0.1) is 0 Å². The smallest absolute Gasteiger partial charge is 0.178 e. The lowest BCUT2D eigenvalue weighted by atomic mass is 9.58. The van der Waals surface area contributed by atoms with Gasteiger partial charge in [-0.3, -0.25) is 4.98 Å². The molecule has 2 fully saturated rings. The minimum absolute atomic E-state index is 0.594. The Bertz CT molecular complexity index is 708. The van der Waals surface area contributed by atoms with Gasteiger partial charge in [-0.1, -0.05) is 95.7 Å². The Balaban J connectivity index is 1.44. The molecule has 0 saturated heterocycles. The molecule has 3 nitrogen and oxygen atoms in total. The summed E-state index contributed by atoms with van der Waals surface area (Å²) in [5, 5.41) is 0. The number of nitrogens with zero attached hydrogens (tertiary/aromatic N) is 2. The molecule has 0 bridgehead atoms. The molecule has 151 valence electrons. The Kier molecular flexibility index (Phi) is 7.46. The van der Waals surface area contributed by atoms with Crippen LogP contribution in [0.15, 0.2) is 12.3 Å². The van der Waals surface area contributed by atoms with E-state index in [1.807, 2.05) is 0 Å². The molecule has 2 saturated carbocycles. The second-order valence-corrected chi connectivity index (χ2v) is 9.27. The predicted molar refractivity (Wildman–Crippen MR) is 120 cm³/mol. The van der Waals surface area contributed by atoms with Gasteiger partial charge in [0.15, 0.2) is 12.9 Å². The molecule has 28 heavy (non-hydrogen) atoms. The van der Waals surface area contributed by atoms with Gasteiger partial charge in [-0.2, -0.15) is 0 Å². The normalized spacial score (nSPS) is 21.9. The van der Waals surface area contributed by atoms with Crippen LogP contribution >= 0.6 is 0 Å². The summed E-state index contributed by atoms with van der Waals surface area (Å²) in [6.07, 6.45) is 24.0. The molecule has 0 aromatic carbocycles. The van der Waals surface area contributed by atoms with E-state index in [1.165, 1.54) is 114 Å². The number of aromatic amines is 1. The lowest BCUT2D eigenvalue weighted by Crippen LogP contribution is -2.21. The SMILES string of the molecule is [B](c1cc2ncc(C3CCCCCCCCC3)nc2[nH]1)C1CCCCCCC1. The van der Waals surface area contributed by atoms with Crippen molar-refractivity contribution in [1.29, 1.82) is 0 Å². The summed E-state index contributed by atoms with van der Waals surface area (Å²) in [5.41, 5.74) is 4.46. The molecular weight excluding hydrogens is 341 g/mol. The summed E-state index contributed by atoms with van der Waals surface area (Å²) >= 11 is 0. The van der Waals surface area contributed by atoms with Crippen molar-refractivity contribution < 1.29 is 0 Å². The number of aromatic nitrogens is 3. The van der Waals surface area contributed by atoms with Crippen LogP contribution in [0.5, 0.6) is 0 Å². The maximum Gasteiger partial charge on any atom is 0.178 e. The molecule has 2 heterocycles. The van der Waals surface area contributed by atoms with Crippen molar-refractivity contribution in [3.8, 4) is 0 Å². The van der Waals surface area contributed by atoms with E-state index in [-0.39, 0.29) is 0 Å². The first-order valence-electron chi connectivity index (χ1n) is 12.1. The van der Waals surface area contributed by atoms with Crippen LogP contribution in [-0.2, 0) is 0 Å². The molecule has 2 aromatic heterocycles. The Hall–Kier alpha value is -1.32. The minimum Gasteiger partial charge on any atom is -0.351 e. The van der Waals surface area contributed by atoms with Gasteiger partial charge in [-0.05, 0) is 24.5 Å². The van der Waals surface area contributed by atoms with Gasteiger partial charge in [0, 0.05) is 12.1 Å². The summed E-state index contributed by atoms with van der Waals surface area (Å²) in [7, 11) is 2.46. The van der Waals surface area contributed by atoms with Gasteiger partial charge in [-0.25, -0.2) is 4.98 Å². The Labute approximate surface area is 171 Å². The van der Waals surface area contributed by atoms with Crippen LogP contribution in [0.2, 0.25) is 5.82 Å². The number of fused-ring (bicyclic) bond motifs is 1. The van der Waals surface area contributed by atoms with Gasteiger partial charge in [0.05, 0.1) is 5.69 Å². The fraction of sp³-hybridized carbons (Fsp3) is 0.750. The molecule has 0 spiro atoms. The zero-order chi connectivity index (χ0) is 19.0. The van der Waals surface area contributed by atoms with E-state index in [9.17, 15) is 0 Å². The fourth-order valence-corrected chi connectivity index (χ4v) is 5.23. The van der Waals surface area contributed by atoms with Gasteiger partial charge in [0.25, 0.3) is 0 Å². The van der Waals surface area contributed by atoms with Gasteiger partial charge < -0.3 is 4.98 Å². The molecule has 4 heteroatoms. The summed E-state index contributed by atoms with van der Waals surface area (Å²) in [4.78, 5) is 13.4. The summed E-state index contributed by atoms with van der Waals surface area (Å²) in [5.74, 6) is 1.31. The number of H-pyrrole nitrogens is 1. The topological polar surface area (TPSA) is 41.6 Å². The van der Waals surface area contributed by atoms with E-state index in [1.54, 1.807) is 0 Å². The van der Waals surface area contributed by atoms with Crippen LogP contribution in [0.3, 0.4) is 0 Å². The van der Waals surface area contributed by atoms with Gasteiger partial charge in [0.2, 0.25) is 0 Å². The van der Waals surface area contributed by atoms with Crippen molar-refractivity contribution in [2.45, 2.75) is 114 Å². The van der Waals surface area contributed by atoms with E-state index < -0.39 is 0 Å². The summed E-state index contributed by atoms with van der Waals surface area (Å²) in [6.45, 7) is 0. The Morgan fingerprint density at radius 1 is 0.750 bits per heavy atom. The molecule has 2 aliphatic carbocycles. The van der Waals surface area contributed by atoms with E-state index in [0.29, 0.717) is 11.7 Å². The number of nitrogens with one attached hydrogen (secondary N) is 1. The van der Waals surface area contributed by atoms with Crippen LogP contribution < -0.4 is 5.59 Å². The molecular formula is C24H37BN3. The molecule has 4 rings (SSSR count). The fourth-order valence-electron chi connectivity index (χ4n) is 5.23. The van der Waals surface area contributed by atoms with Crippen molar-refractivity contribution in [2.24, 2.45) is 0 Å². The van der Waals surface area contributed by atoms with Crippen molar-refractivity contribution in [3.63, 3.8) is 0 Å². The highest BCUT2D eigenvalue weighted by atomic mass is 14.9. The first-order chi connectivity index (χ1) is 13.9. The van der Waals surface area contributed by atoms with E-state index in [4.69, 9.17) is 9.97 Å². The molecule has 0 aliphatic heterocycles. The minimum atomic E-state index is 0.594. The third-order valence-electron chi connectivity index (χ3n) is 6.96. The third-order valence-corrected chi connectivity index (χ3v) is 6.96. The molecule has 2 aliphatic rings. The first kappa shape index (κ1) is 20.0. The van der Waals surface area contributed by atoms with Crippen LogP contribution in [0.25, 0.3) is 11.2 Å². The maximum absolute atomic E-state index is 5.03. The van der Waals surface area contributed by atoms with Gasteiger partial charge in [-0.15, -0.1) is 0 Å². The van der Waals surface area contributed by atoms with E-state index >= 15 is 0 Å². The highest BCUT2D eigenvalue weighted by molar-refractivity contribution is 6.54. The van der Waals surface area contributed by atoms with Crippen LogP contribution in [0.4, 0.5) is 0 Å². The number of rotatable bonds is 3. The highest BCUT2D eigenvalue weighted by Crippen LogP contribution is 2.29. The van der Waals surface area contributed by atoms with Crippen LogP contribution in [-0.4, -0.2) is 22.2 Å². The van der Waals surface area contributed by atoms with E-state index in [2.05, 4.69) is 24.5 Å². The lowest BCUT2D eigenvalue weighted by Gasteiger charge is -2.18. The zero-order valence-electron chi connectivity index (χ0n) is 17.6. The highest BCUT2D eigenvalue weighted by Gasteiger charge is 2.18. The molecule has 1 radical (unpaired) electrons. The van der Waals surface area contributed by atoms with Crippen molar-refractivity contribution >= 4 is 24.0 Å². The monoisotopic (exact) mass is 378 g/mol. The summed E-state index contributed by atoms with van der Waals surface area (Å²) < 4.78 is 0. The predicted octanol–water partition coefficient (Wildman–Crippen LogP) is 6.43. The van der Waals surface area contributed by atoms with Gasteiger partial charge in [0.1, 0.15) is 5.52 Å². The van der Waals surface area contributed by atoms with Gasteiger partial charge >= 0.3 is 0 Å². The second-order valence-electron chi connectivity index (χ2n) is 9.27. The van der Waals surface area contributed by atoms with E-state index in [0.717, 1.165) is 11.2 Å². The van der Waals surface area contributed by atoms with Crippen molar-refractivity contribution in [2.75, 3.05) is 0 Å². The number of hydrogen-bond acceptors (Lipinski definition) is 2. The largest absolute Gasteiger partial charge is 0.351 e.